The number of hydrogen-bond donors (Lipinski definition) is 2. The van der Waals surface area contributed by atoms with Gasteiger partial charge in [-0.05, 0) is 78.7 Å². The number of hydrogen-bond acceptors (Lipinski definition) is 3. The topological polar surface area (TPSA) is 58.3 Å². The summed E-state index contributed by atoms with van der Waals surface area (Å²) in [5.41, 5.74) is 7.73. The molecule has 156 valence electrons. The summed E-state index contributed by atoms with van der Waals surface area (Å²) in [6.07, 6.45) is 0. The molecule has 0 spiro atoms. The highest BCUT2D eigenvalue weighted by Gasteiger charge is 2.23. The zero-order valence-corrected chi connectivity index (χ0v) is 17.6. The average molecular weight is 418 g/mol. The van der Waals surface area contributed by atoms with E-state index in [4.69, 9.17) is 5.10 Å². The van der Waals surface area contributed by atoms with Crippen LogP contribution in [-0.4, -0.2) is 20.0 Å². The van der Waals surface area contributed by atoms with Gasteiger partial charge in [-0.25, -0.2) is 4.68 Å². The van der Waals surface area contributed by atoms with Crippen LogP contribution in [0.1, 0.15) is 5.56 Å². The third-order valence-electron chi connectivity index (χ3n) is 5.48. The fourth-order valence-electron chi connectivity index (χ4n) is 3.95. The molecule has 0 aliphatic rings. The van der Waals surface area contributed by atoms with Crippen LogP contribution in [0.3, 0.4) is 0 Å². The average Bonchev–Trinajstić information content (AvgIpc) is 3.21. The van der Waals surface area contributed by atoms with Crippen LogP contribution in [0.15, 0.2) is 103 Å². The van der Waals surface area contributed by atoms with Crippen LogP contribution >= 0.6 is 0 Å². The lowest BCUT2D eigenvalue weighted by atomic mass is 9.95. The van der Waals surface area contributed by atoms with Gasteiger partial charge in [-0.2, -0.15) is 5.10 Å². The number of phenols is 2. The first kappa shape index (κ1) is 19.6. The quantitative estimate of drug-likeness (QED) is 0.346. The highest BCUT2D eigenvalue weighted by atomic mass is 16.3. The first-order chi connectivity index (χ1) is 15.6. The first-order valence-corrected chi connectivity index (χ1v) is 10.4. The van der Waals surface area contributed by atoms with E-state index in [0.29, 0.717) is 0 Å². The first-order valence-electron chi connectivity index (χ1n) is 10.4. The fourth-order valence-corrected chi connectivity index (χ4v) is 3.95. The Kier molecular flexibility index (Phi) is 4.96. The van der Waals surface area contributed by atoms with E-state index in [1.807, 2.05) is 59.3 Å². The lowest BCUT2D eigenvalue weighted by Crippen LogP contribution is -2.00. The molecule has 0 atom stereocenters. The number of aromatic nitrogens is 2. The monoisotopic (exact) mass is 418 g/mol. The molecule has 0 saturated heterocycles. The molecule has 5 aromatic rings. The zero-order valence-electron chi connectivity index (χ0n) is 17.6. The molecule has 4 aromatic carbocycles. The van der Waals surface area contributed by atoms with Gasteiger partial charge in [-0.15, -0.1) is 0 Å². The Balaban J connectivity index is 1.88. The van der Waals surface area contributed by atoms with E-state index >= 15 is 0 Å². The predicted molar refractivity (Wildman–Crippen MR) is 128 cm³/mol. The summed E-state index contributed by atoms with van der Waals surface area (Å²) in [5, 5.41) is 24.8. The van der Waals surface area contributed by atoms with Crippen molar-refractivity contribution >= 4 is 0 Å². The van der Waals surface area contributed by atoms with E-state index in [1.165, 1.54) is 0 Å². The Morgan fingerprint density at radius 1 is 0.625 bits per heavy atom. The van der Waals surface area contributed by atoms with Crippen molar-refractivity contribution in [2.75, 3.05) is 0 Å². The van der Waals surface area contributed by atoms with Crippen LogP contribution in [-0.2, 0) is 0 Å². The molecule has 4 heteroatoms. The van der Waals surface area contributed by atoms with Crippen molar-refractivity contribution in [3.8, 4) is 50.8 Å². The van der Waals surface area contributed by atoms with Crippen LogP contribution < -0.4 is 0 Å². The highest BCUT2D eigenvalue weighted by molar-refractivity contribution is 5.92. The molecule has 4 nitrogen and oxygen atoms in total. The fraction of sp³-hybridized carbons (Fsp3) is 0.0357. The van der Waals surface area contributed by atoms with Gasteiger partial charge >= 0.3 is 0 Å². The van der Waals surface area contributed by atoms with Gasteiger partial charge in [0.05, 0.1) is 11.4 Å². The van der Waals surface area contributed by atoms with Gasteiger partial charge in [-0.3, -0.25) is 0 Å². The van der Waals surface area contributed by atoms with E-state index in [2.05, 4.69) is 31.2 Å². The normalized spacial score (nSPS) is 10.9. The summed E-state index contributed by atoms with van der Waals surface area (Å²) in [6, 6.07) is 32.7. The van der Waals surface area contributed by atoms with Gasteiger partial charge in [0.2, 0.25) is 0 Å². The molecule has 1 aromatic heterocycles. The van der Waals surface area contributed by atoms with Crippen LogP contribution in [0, 0.1) is 6.92 Å². The van der Waals surface area contributed by atoms with E-state index in [0.717, 1.165) is 44.9 Å². The number of phenolic OH excluding ortho intramolecular Hbond substituents is 2. The minimum atomic E-state index is 0.215. The van der Waals surface area contributed by atoms with Gasteiger partial charge in [0, 0.05) is 16.7 Å². The molecule has 0 saturated carbocycles. The van der Waals surface area contributed by atoms with Gasteiger partial charge in [-0.1, -0.05) is 42.5 Å². The van der Waals surface area contributed by atoms with Crippen molar-refractivity contribution in [2.45, 2.75) is 6.92 Å². The second kappa shape index (κ2) is 8.08. The summed E-state index contributed by atoms with van der Waals surface area (Å²) in [5.74, 6) is 0.433. The maximum atomic E-state index is 9.88. The second-order valence-corrected chi connectivity index (χ2v) is 7.78. The maximum Gasteiger partial charge on any atom is 0.115 e. The van der Waals surface area contributed by atoms with Crippen molar-refractivity contribution in [2.24, 2.45) is 0 Å². The summed E-state index contributed by atoms with van der Waals surface area (Å²) in [7, 11) is 0. The molecule has 0 bridgehead atoms. The van der Waals surface area contributed by atoms with E-state index < -0.39 is 0 Å². The number of aryl methyl sites for hydroxylation is 1. The number of rotatable bonds is 4. The summed E-state index contributed by atoms with van der Waals surface area (Å²) >= 11 is 0. The standard InChI is InChI=1S/C28H22N2O2/c1-19-6-5-9-23(18-19)30-28(22-12-16-25(32)17-13-22)26(20-7-3-2-4-8-20)27(29-30)21-10-14-24(31)15-11-21/h2-18,31-32H,1H3. The third kappa shape index (κ3) is 3.63. The number of benzene rings is 4. The maximum absolute atomic E-state index is 9.88. The predicted octanol–water partition coefficient (Wildman–Crippen LogP) is 6.59. The van der Waals surface area contributed by atoms with E-state index in [1.54, 1.807) is 24.3 Å². The van der Waals surface area contributed by atoms with E-state index in [9.17, 15) is 10.2 Å². The van der Waals surface area contributed by atoms with Crippen LogP contribution in [0.25, 0.3) is 39.3 Å². The van der Waals surface area contributed by atoms with Crippen molar-refractivity contribution in [1.29, 1.82) is 0 Å². The Morgan fingerprint density at radius 3 is 1.88 bits per heavy atom. The summed E-state index contributed by atoms with van der Waals surface area (Å²) < 4.78 is 1.96. The molecular weight excluding hydrogens is 396 g/mol. The minimum Gasteiger partial charge on any atom is -0.508 e. The number of nitrogens with zero attached hydrogens (tertiary/aromatic N) is 2. The summed E-state index contributed by atoms with van der Waals surface area (Å²) in [6.45, 7) is 2.06. The van der Waals surface area contributed by atoms with Crippen LogP contribution in [0.4, 0.5) is 0 Å². The molecule has 0 aliphatic heterocycles. The Morgan fingerprint density at radius 2 is 1.25 bits per heavy atom. The SMILES string of the molecule is Cc1cccc(-n2nc(-c3ccc(O)cc3)c(-c3ccccc3)c2-c2ccc(O)cc2)c1. The number of aromatic hydroxyl groups is 2. The lowest BCUT2D eigenvalue weighted by molar-refractivity contribution is 0.475. The Labute approximate surface area is 186 Å². The lowest BCUT2D eigenvalue weighted by Gasteiger charge is -2.11. The summed E-state index contributed by atoms with van der Waals surface area (Å²) in [4.78, 5) is 0. The molecule has 0 aliphatic carbocycles. The molecule has 0 radical (unpaired) electrons. The smallest absolute Gasteiger partial charge is 0.115 e. The Hall–Kier alpha value is -4.31. The van der Waals surface area contributed by atoms with Gasteiger partial charge in [0.15, 0.2) is 0 Å². The van der Waals surface area contributed by atoms with Crippen molar-refractivity contribution < 1.29 is 10.2 Å². The Bertz CT molecular complexity index is 1370. The highest BCUT2D eigenvalue weighted by Crippen LogP contribution is 2.41. The molecule has 0 unspecified atom stereocenters. The van der Waals surface area contributed by atoms with Gasteiger partial charge in [0.25, 0.3) is 0 Å². The van der Waals surface area contributed by atoms with E-state index in [-0.39, 0.29) is 11.5 Å². The second-order valence-electron chi connectivity index (χ2n) is 7.78. The molecule has 1 heterocycles. The van der Waals surface area contributed by atoms with Crippen molar-refractivity contribution in [3.05, 3.63) is 109 Å². The molecule has 0 fully saturated rings. The molecule has 32 heavy (non-hydrogen) atoms. The largest absolute Gasteiger partial charge is 0.508 e. The molecule has 5 rings (SSSR count). The molecule has 2 N–H and O–H groups in total. The van der Waals surface area contributed by atoms with Crippen LogP contribution in [0.5, 0.6) is 11.5 Å². The van der Waals surface area contributed by atoms with Gasteiger partial charge in [0.1, 0.15) is 17.2 Å². The molecular formula is C28H22N2O2. The molecule has 0 amide bonds. The van der Waals surface area contributed by atoms with Crippen molar-refractivity contribution in [1.82, 2.24) is 9.78 Å². The van der Waals surface area contributed by atoms with Crippen molar-refractivity contribution in [3.63, 3.8) is 0 Å². The van der Waals surface area contributed by atoms with Gasteiger partial charge < -0.3 is 10.2 Å². The third-order valence-corrected chi connectivity index (χ3v) is 5.48. The van der Waals surface area contributed by atoms with Crippen LogP contribution in [0.2, 0.25) is 0 Å². The zero-order chi connectivity index (χ0) is 22.1. The minimum absolute atomic E-state index is 0.215.